The number of nitrogens with zero attached hydrogens (tertiary/aromatic N) is 1. The largest absolute Gasteiger partial charge is 0.328 e. The molecule has 1 heterocycles. The third-order valence-electron chi connectivity index (χ3n) is 2.11. The van der Waals surface area contributed by atoms with Gasteiger partial charge in [-0.2, -0.15) is 8.42 Å². The summed E-state index contributed by atoms with van der Waals surface area (Å²) in [6.07, 6.45) is 0. The van der Waals surface area contributed by atoms with Gasteiger partial charge in [-0.25, -0.2) is 4.98 Å². The van der Waals surface area contributed by atoms with E-state index >= 15 is 0 Å². The highest BCUT2D eigenvalue weighted by Gasteiger charge is 2.17. The first-order valence-electron chi connectivity index (χ1n) is 4.37. The van der Waals surface area contributed by atoms with Gasteiger partial charge in [-0.3, -0.25) is 9.35 Å². The standard InChI is InChI=1S/C9H8N2O4S/c1-5(12)6-3-2-4-7-8(6)11-9(10-7)16(13,14)15/h2-4H,1H3,(H,10,11)(H,13,14,15). The minimum atomic E-state index is -4.39. The Bertz CT molecular complexity index is 672. The molecule has 0 unspecified atom stereocenters. The van der Waals surface area contributed by atoms with E-state index in [0.29, 0.717) is 11.1 Å². The smallest absolute Gasteiger partial charge is 0.327 e. The zero-order valence-electron chi connectivity index (χ0n) is 8.26. The Morgan fingerprint density at radius 3 is 2.69 bits per heavy atom. The van der Waals surface area contributed by atoms with Crippen molar-refractivity contribution in [2.75, 3.05) is 0 Å². The van der Waals surface area contributed by atoms with Gasteiger partial charge in [-0.15, -0.1) is 0 Å². The first-order chi connectivity index (χ1) is 7.39. The molecule has 0 atom stereocenters. The molecular formula is C9H8N2O4S. The molecule has 0 amide bonds. The summed E-state index contributed by atoms with van der Waals surface area (Å²) in [4.78, 5) is 17.4. The van der Waals surface area contributed by atoms with E-state index in [1.54, 1.807) is 18.2 Å². The van der Waals surface area contributed by atoms with Gasteiger partial charge in [0.25, 0.3) is 5.16 Å². The molecule has 1 aromatic carbocycles. The first kappa shape index (κ1) is 10.8. The van der Waals surface area contributed by atoms with Crippen LogP contribution in [0.15, 0.2) is 23.4 Å². The van der Waals surface area contributed by atoms with Crippen LogP contribution in [0.4, 0.5) is 0 Å². The molecule has 0 radical (unpaired) electrons. The third kappa shape index (κ3) is 1.70. The molecule has 0 spiro atoms. The zero-order chi connectivity index (χ0) is 11.9. The van der Waals surface area contributed by atoms with Gasteiger partial charge in [-0.1, -0.05) is 6.07 Å². The summed E-state index contributed by atoms with van der Waals surface area (Å²) in [5.41, 5.74) is 0.937. The molecule has 7 heteroatoms. The van der Waals surface area contributed by atoms with E-state index in [1.807, 2.05) is 0 Å². The molecule has 16 heavy (non-hydrogen) atoms. The number of carbonyl (C=O) groups is 1. The van der Waals surface area contributed by atoms with E-state index in [1.165, 1.54) is 6.92 Å². The zero-order valence-corrected chi connectivity index (χ0v) is 9.08. The number of para-hydroxylation sites is 1. The van der Waals surface area contributed by atoms with Gasteiger partial charge in [0.2, 0.25) is 0 Å². The number of hydrogen-bond donors (Lipinski definition) is 2. The fraction of sp³-hybridized carbons (Fsp3) is 0.111. The number of benzene rings is 1. The Morgan fingerprint density at radius 1 is 1.44 bits per heavy atom. The predicted octanol–water partition coefficient (Wildman–Crippen LogP) is 1.01. The SMILES string of the molecule is CC(=O)c1cccc2[nH]c(S(=O)(=O)O)nc12. The number of Topliss-reactive ketones (excluding diaryl/α,β-unsaturated/α-hetero) is 1. The van der Waals surface area contributed by atoms with Crippen LogP contribution < -0.4 is 0 Å². The van der Waals surface area contributed by atoms with Crippen molar-refractivity contribution >= 4 is 26.9 Å². The van der Waals surface area contributed by atoms with Crippen molar-refractivity contribution < 1.29 is 17.8 Å². The molecule has 0 saturated heterocycles. The van der Waals surface area contributed by atoms with Gasteiger partial charge in [0.1, 0.15) is 5.52 Å². The van der Waals surface area contributed by atoms with E-state index in [4.69, 9.17) is 4.55 Å². The van der Waals surface area contributed by atoms with Crippen LogP contribution in [-0.2, 0) is 10.1 Å². The first-order valence-corrected chi connectivity index (χ1v) is 5.81. The number of ketones is 1. The fourth-order valence-corrected chi connectivity index (χ4v) is 1.86. The van der Waals surface area contributed by atoms with E-state index in [0.717, 1.165) is 0 Å². The monoisotopic (exact) mass is 240 g/mol. The highest BCUT2D eigenvalue weighted by Crippen LogP contribution is 2.18. The predicted molar refractivity (Wildman–Crippen MR) is 55.9 cm³/mol. The summed E-state index contributed by atoms with van der Waals surface area (Å²) in [6, 6.07) is 4.72. The van der Waals surface area contributed by atoms with Crippen molar-refractivity contribution in [2.24, 2.45) is 0 Å². The van der Waals surface area contributed by atoms with Crippen molar-refractivity contribution in [3.8, 4) is 0 Å². The van der Waals surface area contributed by atoms with Crippen LogP contribution in [0.5, 0.6) is 0 Å². The van der Waals surface area contributed by atoms with E-state index in [2.05, 4.69) is 9.97 Å². The summed E-state index contributed by atoms with van der Waals surface area (Å²) in [6.45, 7) is 1.36. The van der Waals surface area contributed by atoms with Crippen LogP contribution in [0.25, 0.3) is 11.0 Å². The molecule has 0 bridgehead atoms. The van der Waals surface area contributed by atoms with Crippen molar-refractivity contribution in [3.05, 3.63) is 23.8 Å². The number of imidazole rings is 1. The molecule has 2 aromatic rings. The number of aromatic amines is 1. The Hall–Kier alpha value is -1.73. The Morgan fingerprint density at radius 2 is 2.12 bits per heavy atom. The van der Waals surface area contributed by atoms with Crippen LogP contribution in [0.2, 0.25) is 0 Å². The number of fused-ring (bicyclic) bond motifs is 1. The summed E-state index contributed by atoms with van der Waals surface area (Å²) in [5, 5.41) is -0.559. The molecule has 0 aliphatic heterocycles. The Labute approximate surface area is 91.1 Å². The Kier molecular flexibility index (Phi) is 2.28. The maximum absolute atomic E-state index is 11.3. The lowest BCUT2D eigenvalue weighted by Gasteiger charge is -1.94. The van der Waals surface area contributed by atoms with E-state index in [9.17, 15) is 13.2 Å². The van der Waals surface area contributed by atoms with Gasteiger partial charge in [0.15, 0.2) is 5.78 Å². The molecule has 0 aliphatic carbocycles. The summed E-state index contributed by atoms with van der Waals surface area (Å²) < 4.78 is 30.5. The molecule has 1 aromatic heterocycles. The number of carbonyl (C=O) groups excluding carboxylic acids is 1. The molecule has 6 nitrogen and oxygen atoms in total. The second-order valence-corrected chi connectivity index (χ2v) is 4.61. The fourth-order valence-electron chi connectivity index (χ4n) is 1.42. The second kappa shape index (κ2) is 3.39. The maximum Gasteiger partial charge on any atom is 0.328 e. The van der Waals surface area contributed by atoms with Gasteiger partial charge >= 0.3 is 10.1 Å². The number of H-pyrrole nitrogens is 1. The van der Waals surface area contributed by atoms with Crippen molar-refractivity contribution in [1.29, 1.82) is 0 Å². The summed E-state index contributed by atoms with van der Waals surface area (Å²) in [5.74, 6) is -0.223. The van der Waals surface area contributed by atoms with Gasteiger partial charge < -0.3 is 4.98 Å². The van der Waals surface area contributed by atoms with Crippen LogP contribution in [0.3, 0.4) is 0 Å². The minimum Gasteiger partial charge on any atom is -0.327 e. The van der Waals surface area contributed by atoms with Crippen molar-refractivity contribution in [3.63, 3.8) is 0 Å². The van der Waals surface area contributed by atoms with E-state index in [-0.39, 0.29) is 11.3 Å². The van der Waals surface area contributed by atoms with Gasteiger partial charge in [0.05, 0.1) is 5.52 Å². The molecule has 84 valence electrons. The molecule has 0 saturated carbocycles. The lowest BCUT2D eigenvalue weighted by molar-refractivity contribution is 0.101. The highest BCUT2D eigenvalue weighted by molar-refractivity contribution is 7.85. The minimum absolute atomic E-state index is 0.223. The lowest BCUT2D eigenvalue weighted by atomic mass is 10.1. The molecule has 2 rings (SSSR count). The Balaban J connectivity index is 2.81. The molecule has 0 aliphatic rings. The summed E-state index contributed by atoms with van der Waals surface area (Å²) >= 11 is 0. The van der Waals surface area contributed by atoms with E-state index < -0.39 is 15.3 Å². The highest BCUT2D eigenvalue weighted by atomic mass is 32.2. The van der Waals surface area contributed by atoms with Crippen molar-refractivity contribution in [1.82, 2.24) is 9.97 Å². The van der Waals surface area contributed by atoms with Crippen LogP contribution >= 0.6 is 0 Å². The number of hydrogen-bond acceptors (Lipinski definition) is 4. The maximum atomic E-state index is 11.3. The number of nitrogens with one attached hydrogen (secondary N) is 1. The lowest BCUT2D eigenvalue weighted by Crippen LogP contribution is -2.00. The number of rotatable bonds is 2. The average molecular weight is 240 g/mol. The van der Waals surface area contributed by atoms with Crippen molar-refractivity contribution in [2.45, 2.75) is 12.1 Å². The third-order valence-corrected chi connectivity index (χ3v) is 2.80. The quantitative estimate of drug-likeness (QED) is 0.602. The van der Waals surface area contributed by atoms with Crippen LogP contribution in [0, 0.1) is 0 Å². The number of aromatic nitrogens is 2. The molecule has 2 N–H and O–H groups in total. The molecular weight excluding hydrogens is 232 g/mol. The van der Waals surface area contributed by atoms with Crippen LogP contribution in [-0.4, -0.2) is 28.7 Å². The topological polar surface area (TPSA) is 100 Å². The summed E-state index contributed by atoms with van der Waals surface area (Å²) in [7, 11) is -4.39. The second-order valence-electron chi connectivity index (χ2n) is 3.27. The van der Waals surface area contributed by atoms with Crippen LogP contribution in [0.1, 0.15) is 17.3 Å². The average Bonchev–Trinajstić information content (AvgIpc) is 2.59. The van der Waals surface area contributed by atoms with Gasteiger partial charge in [-0.05, 0) is 19.1 Å². The normalized spacial score (nSPS) is 11.9. The van der Waals surface area contributed by atoms with Gasteiger partial charge in [0, 0.05) is 5.56 Å². The molecule has 0 fully saturated rings.